The molecule has 0 aliphatic heterocycles. The molecule has 4 aliphatic rings. The lowest BCUT2D eigenvalue weighted by Crippen LogP contribution is -2.51. The van der Waals surface area contributed by atoms with Crippen LogP contribution in [-0.2, 0) is 14.3 Å². The summed E-state index contributed by atoms with van der Waals surface area (Å²) in [5, 5.41) is 3.01. The van der Waals surface area contributed by atoms with Crippen LogP contribution in [0.3, 0.4) is 0 Å². The van der Waals surface area contributed by atoms with Crippen molar-refractivity contribution in [3.05, 3.63) is 24.3 Å². The second kappa shape index (κ2) is 8.02. The zero-order valence-electron chi connectivity index (χ0n) is 16.4. The Balaban J connectivity index is 1.18. The van der Waals surface area contributed by atoms with Gasteiger partial charge in [0.2, 0.25) is 0 Å². The molecule has 4 saturated carbocycles. The maximum absolute atomic E-state index is 12.2. The molecule has 0 saturated heterocycles. The molecule has 28 heavy (non-hydrogen) atoms. The molecule has 0 heterocycles. The minimum Gasteiger partial charge on any atom is -0.493 e. The Hall–Kier alpha value is -2.24. The van der Waals surface area contributed by atoms with Crippen molar-refractivity contribution in [1.82, 2.24) is 5.32 Å². The number of ether oxygens (including phenoxy) is 3. The van der Waals surface area contributed by atoms with Gasteiger partial charge in [0.1, 0.15) is 0 Å². The van der Waals surface area contributed by atoms with Crippen LogP contribution >= 0.6 is 0 Å². The first-order valence-electron chi connectivity index (χ1n) is 10.2. The van der Waals surface area contributed by atoms with Crippen LogP contribution in [0.4, 0.5) is 0 Å². The van der Waals surface area contributed by atoms with Crippen LogP contribution < -0.4 is 14.8 Å². The minimum absolute atomic E-state index is 0.235. The molecule has 0 radical (unpaired) electrons. The van der Waals surface area contributed by atoms with E-state index >= 15 is 0 Å². The van der Waals surface area contributed by atoms with E-state index in [4.69, 9.17) is 14.2 Å². The molecule has 0 atom stereocenters. The topological polar surface area (TPSA) is 73.9 Å². The van der Waals surface area contributed by atoms with E-state index in [9.17, 15) is 9.59 Å². The average molecular weight is 387 g/mol. The van der Waals surface area contributed by atoms with Crippen molar-refractivity contribution in [3.8, 4) is 11.5 Å². The average Bonchev–Trinajstić information content (AvgIpc) is 2.68. The van der Waals surface area contributed by atoms with E-state index in [1.54, 1.807) is 18.2 Å². The fourth-order valence-electron chi connectivity index (χ4n) is 5.91. The molecule has 152 valence electrons. The Morgan fingerprint density at radius 2 is 1.61 bits per heavy atom. The van der Waals surface area contributed by atoms with Gasteiger partial charge in [-0.25, -0.2) is 4.79 Å². The molecular formula is C22H29NO5. The standard InChI is InChI=1S/C22H29NO5/c1-26-18-4-2-3-5-19(18)27-13-21(25)28-12-20(24)23-14-22-9-15-6-16(10-22)8-17(7-15)11-22/h2-5,15-17H,6-14H2,1H3,(H,23,24). The van der Waals surface area contributed by atoms with Gasteiger partial charge in [-0.1, -0.05) is 12.1 Å². The van der Waals surface area contributed by atoms with Crippen molar-refractivity contribution in [2.45, 2.75) is 38.5 Å². The highest BCUT2D eigenvalue weighted by molar-refractivity contribution is 5.81. The monoisotopic (exact) mass is 387 g/mol. The Labute approximate surface area is 165 Å². The lowest BCUT2D eigenvalue weighted by molar-refractivity contribution is -0.150. The largest absolute Gasteiger partial charge is 0.493 e. The molecule has 1 N–H and O–H groups in total. The van der Waals surface area contributed by atoms with Crippen molar-refractivity contribution in [1.29, 1.82) is 0 Å². The number of nitrogens with one attached hydrogen (secondary N) is 1. The molecule has 1 amide bonds. The Morgan fingerprint density at radius 1 is 1.00 bits per heavy atom. The van der Waals surface area contributed by atoms with Gasteiger partial charge in [-0.3, -0.25) is 4.79 Å². The molecule has 0 spiro atoms. The summed E-state index contributed by atoms with van der Waals surface area (Å²) in [5.74, 6) is 2.77. The third kappa shape index (κ3) is 4.26. The first kappa shape index (κ1) is 19.1. The van der Waals surface area contributed by atoms with Crippen LogP contribution in [0.25, 0.3) is 0 Å². The number of hydrogen-bond donors (Lipinski definition) is 1. The van der Waals surface area contributed by atoms with Crippen LogP contribution in [0, 0.1) is 23.2 Å². The second-order valence-electron chi connectivity index (χ2n) is 8.79. The van der Waals surface area contributed by atoms with Gasteiger partial charge in [0.15, 0.2) is 24.7 Å². The van der Waals surface area contributed by atoms with Crippen molar-refractivity contribution in [3.63, 3.8) is 0 Å². The number of para-hydroxylation sites is 2. The lowest BCUT2D eigenvalue weighted by Gasteiger charge is -2.56. The molecule has 5 rings (SSSR count). The summed E-state index contributed by atoms with van der Waals surface area (Å²) in [5.41, 5.74) is 0.279. The zero-order chi connectivity index (χ0) is 19.6. The van der Waals surface area contributed by atoms with E-state index in [-0.39, 0.29) is 24.5 Å². The Kier molecular flexibility index (Phi) is 5.47. The van der Waals surface area contributed by atoms with Crippen molar-refractivity contribution in [2.24, 2.45) is 23.2 Å². The maximum Gasteiger partial charge on any atom is 0.344 e. The van der Waals surface area contributed by atoms with Gasteiger partial charge in [-0.05, 0) is 73.8 Å². The fraction of sp³-hybridized carbons (Fsp3) is 0.636. The van der Waals surface area contributed by atoms with Gasteiger partial charge >= 0.3 is 5.97 Å². The Bertz CT molecular complexity index is 696. The highest BCUT2D eigenvalue weighted by Crippen LogP contribution is 2.59. The first-order valence-corrected chi connectivity index (χ1v) is 10.2. The first-order chi connectivity index (χ1) is 13.5. The van der Waals surface area contributed by atoms with E-state index < -0.39 is 5.97 Å². The van der Waals surface area contributed by atoms with Gasteiger partial charge < -0.3 is 19.5 Å². The van der Waals surface area contributed by atoms with Gasteiger partial charge in [0, 0.05) is 6.54 Å². The molecule has 1 aromatic rings. The molecule has 4 fully saturated rings. The summed E-state index contributed by atoms with van der Waals surface area (Å²) in [6, 6.07) is 7.07. The van der Waals surface area contributed by atoms with Crippen LogP contribution in [0.2, 0.25) is 0 Å². The molecule has 6 nitrogen and oxygen atoms in total. The van der Waals surface area contributed by atoms with Gasteiger partial charge in [-0.15, -0.1) is 0 Å². The van der Waals surface area contributed by atoms with Crippen LogP contribution in [0.1, 0.15) is 38.5 Å². The maximum atomic E-state index is 12.2. The molecular weight excluding hydrogens is 358 g/mol. The van der Waals surface area contributed by atoms with Crippen LogP contribution in [0.15, 0.2) is 24.3 Å². The van der Waals surface area contributed by atoms with Crippen LogP contribution in [-0.4, -0.2) is 38.7 Å². The molecule has 4 bridgehead atoms. The smallest absolute Gasteiger partial charge is 0.344 e. The van der Waals surface area contributed by atoms with Gasteiger partial charge in [-0.2, -0.15) is 0 Å². The summed E-state index contributed by atoms with van der Waals surface area (Å²) in [6.07, 6.45) is 7.88. The van der Waals surface area contributed by atoms with E-state index in [1.165, 1.54) is 45.6 Å². The Morgan fingerprint density at radius 3 is 2.21 bits per heavy atom. The van der Waals surface area contributed by atoms with E-state index in [2.05, 4.69) is 5.32 Å². The number of esters is 1. The zero-order valence-corrected chi connectivity index (χ0v) is 16.4. The lowest BCUT2D eigenvalue weighted by atomic mass is 9.49. The molecule has 4 aliphatic carbocycles. The van der Waals surface area contributed by atoms with Crippen molar-refractivity contribution in [2.75, 3.05) is 26.9 Å². The summed E-state index contributed by atoms with van der Waals surface area (Å²) in [7, 11) is 1.54. The molecule has 0 unspecified atom stereocenters. The number of carbonyl (C=O) groups is 2. The quantitative estimate of drug-likeness (QED) is 0.694. The SMILES string of the molecule is COc1ccccc1OCC(=O)OCC(=O)NCC12CC3CC(CC(C3)C1)C2. The normalized spacial score (nSPS) is 30.0. The summed E-state index contributed by atoms with van der Waals surface area (Å²) < 4.78 is 15.6. The predicted octanol–water partition coefficient (Wildman–Crippen LogP) is 2.95. The summed E-state index contributed by atoms with van der Waals surface area (Å²) in [6.45, 7) is 0.188. The summed E-state index contributed by atoms with van der Waals surface area (Å²) in [4.78, 5) is 24.0. The highest BCUT2D eigenvalue weighted by atomic mass is 16.6. The number of amides is 1. The van der Waals surface area contributed by atoms with Crippen LogP contribution in [0.5, 0.6) is 11.5 Å². The molecule has 6 heteroatoms. The highest BCUT2D eigenvalue weighted by Gasteiger charge is 2.50. The predicted molar refractivity (Wildman–Crippen MR) is 103 cm³/mol. The molecule has 1 aromatic carbocycles. The van der Waals surface area contributed by atoms with Crippen molar-refractivity contribution >= 4 is 11.9 Å². The van der Waals surface area contributed by atoms with Gasteiger partial charge in [0.05, 0.1) is 7.11 Å². The van der Waals surface area contributed by atoms with Crippen molar-refractivity contribution < 1.29 is 23.8 Å². The number of rotatable bonds is 8. The summed E-state index contributed by atoms with van der Waals surface area (Å²) >= 11 is 0. The number of methoxy groups -OCH3 is 1. The third-order valence-electron chi connectivity index (χ3n) is 6.60. The van der Waals surface area contributed by atoms with E-state index in [0.717, 1.165) is 17.8 Å². The number of benzene rings is 1. The van der Waals surface area contributed by atoms with E-state index in [1.807, 2.05) is 6.07 Å². The minimum atomic E-state index is -0.573. The third-order valence-corrected chi connectivity index (χ3v) is 6.60. The number of hydrogen-bond acceptors (Lipinski definition) is 5. The fourth-order valence-corrected chi connectivity index (χ4v) is 5.91. The number of carbonyl (C=O) groups excluding carboxylic acids is 2. The van der Waals surface area contributed by atoms with E-state index in [0.29, 0.717) is 18.0 Å². The molecule has 0 aromatic heterocycles. The van der Waals surface area contributed by atoms with Gasteiger partial charge in [0.25, 0.3) is 5.91 Å². The second-order valence-corrected chi connectivity index (χ2v) is 8.79.